The SMILES string of the molecule is CCOC(=O)c1c[nH]c2c(C3CCCCC3)cccc2c1=O. The molecule has 0 amide bonds. The molecule has 0 spiro atoms. The van der Waals surface area contributed by atoms with Crippen LogP contribution in [0.2, 0.25) is 0 Å². The number of para-hydroxylation sites is 1. The average Bonchev–Trinajstić information content (AvgIpc) is 2.56. The third kappa shape index (κ3) is 2.65. The van der Waals surface area contributed by atoms with Crippen molar-refractivity contribution in [3.05, 3.63) is 45.7 Å². The summed E-state index contributed by atoms with van der Waals surface area (Å²) in [5, 5.41) is 0.577. The number of carbonyl (C=O) groups excluding carboxylic acids is 1. The van der Waals surface area contributed by atoms with Gasteiger partial charge in [-0.25, -0.2) is 4.79 Å². The molecule has 1 N–H and O–H groups in total. The number of ether oxygens (including phenoxy) is 1. The summed E-state index contributed by atoms with van der Waals surface area (Å²) in [5.41, 5.74) is 1.90. The Labute approximate surface area is 129 Å². The summed E-state index contributed by atoms with van der Waals surface area (Å²) < 4.78 is 4.95. The molecule has 22 heavy (non-hydrogen) atoms. The summed E-state index contributed by atoms with van der Waals surface area (Å²) in [4.78, 5) is 27.6. The van der Waals surface area contributed by atoms with Crippen molar-refractivity contribution in [2.45, 2.75) is 44.9 Å². The van der Waals surface area contributed by atoms with Crippen LogP contribution in [0, 0.1) is 0 Å². The van der Waals surface area contributed by atoms with Crippen LogP contribution in [0.1, 0.15) is 60.9 Å². The third-order valence-corrected chi connectivity index (χ3v) is 4.49. The zero-order valence-corrected chi connectivity index (χ0v) is 12.9. The van der Waals surface area contributed by atoms with Crippen LogP contribution in [0.4, 0.5) is 0 Å². The molecule has 1 aromatic carbocycles. The van der Waals surface area contributed by atoms with E-state index in [4.69, 9.17) is 4.74 Å². The van der Waals surface area contributed by atoms with Gasteiger partial charge in [-0.05, 0) is 37.3 Å². The van der Waals surface area contributed by atoms with Crippen molar-refractivity contribution in [2.24, 2.45) is 0 Å². The topological polar surface area (TPSA) is 59.2 Å². The van der Waals surface area contributed by atoms with Crippen LogP contribution >= 0.6 is 0 Å². The lowest BCUT2D eigenvalue weighted by atomic mass is 9.83. The van der Waals surface area contributed by atoms with Crippen molar-refractivity contribution in [2.75, 3.05) is 6.61 Å². The highest BCUT2D eigenvalue weighted by atomic mass is 16.5. The van der Waals surface area contributed by atoms with Crippen LogP contribution in [0.25, 0.3) is 10.9 Å². The van der Waals surface area contributed by atoms with Gasteiger partial charge in [0.1, 0.15) is 5.56 Å². The number of esters is 1. The second-order valence-electron chi connectivity index (χ2n) is 5.86. The second-order valence-corrected chi connectivity index (χ2v) is 5.86. The van der Waals surface area contributed by atoms with E-state index in [1.807, 2.05) is 6.07 Å². The molecule has 0 atom stereocenters. The smallest absolute Gasteiger partial charge is 0.343 e. The summed E-state index contributed by atoms with van der Waals surface area (Å²) >= 11 is 0. The lowest BCUT2D eigenvalue weighted by Crippen LogP contribution is -2.19. The van der Waals surface area contributed by atoms with Gasteiger partial charge in [0.25, 0.3) is 0 Å². The number of hydrogen-bond donors (Lipinski definition) is 1. The number of benzene rings is 1. The van der Waals surface area contributed by atoms with Gasteiger partial charge in [0.05, 0.1) is 12.1 Å². The summed E-state index contributed by atoms with van der Waals surface area (Å²) in [6.45, 7) is 1.99. The number of nitrogens with one attached hydrogen (secondary N) is 1. The van der Waals surface area contributed by atoms with E-state index in [1.165, 1.54) is 43.9 Å². The minimum atomic E-state index is -0.561. The number of aromatic nitrogens is 1. The average molecular weight is 299 g/mol. The van der Waals surface area contributed by atoms with Gasteiger partial charge >= 0.3 is 5.97 Å². The van der Waals surface area contributed by atoms with Gasteiger partial charge in [-0.1, -0.05) is 31.4 Å². The first-order chi connectivity index (χ1) is 10.7. The zero-order valence-electron chi connectivity index (χ0n) is 12.9. The lowest BCUT2D eigenvalue weighted by molar-refractivity contribution is 0.0524. The molecule has 0 unspecified atom stereocenters. The van der Waals surface area contributed by atoms with Crippen LogP contribution in [0.5, 0.6) is 0 Å². The molecule has 4 nitrogen and oxygen atoms in total. The van der Waals surface area contributed by atoms with Crippen molar-refractivity contribution < 1.29 is 9.53 Å². The summed E-state index contributed by atoms with van der Waals surface area (Å²) in [6, 6.07) is 5.79. The first kappa shape index (κ1) is 14.8. The Morgan fingerprint density at radius 1 is 1.27 bits per heavy atom. The Bertz CT molecular complexity index is 742. The minimum absolute atomic E-state index is 0.0788. The Kier molecular flexibility index (Phi) is 4.27. The molecule has 0 bridgehead atoms. The lowest BCUT2D eigenvalue weighted by Gasteiger charge is -2.23. The number of fused-ring (bicyclic) bond motifs is 1. The standard InChI is InChI=1S/C18H21NO3/c1-2-22-18(21)15-11-19-16-13(12-7-4-3-5-8-12)9-6-10-14(16)17(15)20/h6,9-12H,2-5,7-8H2,1H3,(H,19,20). The molecule has 1 saturated carbocycles. The molecule has 1 aromatic heterocycles. The van der Waals surface area contributed by atoms with Gasteiger partial charge < -0.3 is 9.72 Å². The van der Waals surface area contributed by atoms with Crippen LogP contribution in [-0.4, -0.2) is 17.6 Å². The summed E-state index contributed by atoms with van der Waals surface area (Å²) in [7, 11) is 0. The molecule has 1 aliphatic carbocycles. The summed E-state index contributed by atoms with van der Waals surface area (Å²) in [6.07, 6.45) is 7.61. The fraction of sp³-hybridized carbons (Fsp3) is 0.444. The number of rotatable bonds is 3. The van der Waals surface area contributed by atoms with E-state index >= 15 is 0 Å². The van der Waals surface area contributed by atoms with Crippen LogP contribution in [-0.2, 0) is 4.74 Å². The van der Waals surface area contributed by atoms with Gasteiger partial charge in [0.15, 0.2) is 0 Å². The molecule has 3 rings (SSSR count). The van der Waals surface area contributed by atoms with Crippen molar-refractivity contribution in [3.8, 4) is 0 Å². The van der Waals surface area contributed by atoms with Crippen LogP contribution in [0.15, 0.2) is 29.2 Å². The van der Waals surface area contributed by atoms with E-state index in [0.29, 0.717) is 11.3 Å². The molecule has 1 aliphatic rings. The molecule has 0 radical (unpaired) electrons. The molecule has 0 saturated heterocycles. The van der Waals surface area contributed by atoms with Gasteiger partial charge in [-0.2, -0.15) is 0 Å². The maximum atomic E-state index is 12.6. The van der Waals surface area contributed by atoms with Crippen molar-refractivity contribution in [1.82, 2.24) is 4.98 Å². The zero-order chi connectivity index (χ0) is 15.5. The molecular weight excluding hydrogens is 278 g/mol. The monoisotopic (exact) mass is 299 g/mol. The number of aromatic amines is 1. The van der Waals surface area contributed by atoms with E-state index in [0.717, 1.165) is 5.52 Å². The molecule has 1 heterocycles. The van der Waals surface area contributed by atoms with Crippen molar-refractivity contribution >= 4 is 16.9 Å². The van der Waals surface area contributed by atoms with Gasteiger partial charge in [0, 0.05) is 11.6 Å². The van der Waals surface area contributed by atoms with Crippen molar-refractivity contribution in [3.63, 3.8) is 0 Å². The highest BCUT2D eigenvalue weighted by Gasteiger charge is 2.20. The minimum Gasteiger partial charge on any atom is -0.462 e. The van der Waals surface area contributed by atoms with Crippen LogP contribution < -0.4 is 5.43 Å². The van der Waals surface area contributed by atoms with Gasteiger partial charge in [-0.3, -0.25) is 4.79 Å². The van der Waals surface area contributed by atoms with Gasteiger partial charge in [0.2, 0.25) is 5.43 Å². The number of hydrogen-bond acceptors (Lipinski definition) is 3. The Morgan fingerprint density at radius 3 is 2.77 bits per heavy atom. The third-order valence-electron chi connectivity index (χ3n) is 4.49. The quantitative estimate of drug-likeness (QED) is 0.878. The Hall–Kier alpha value is -2.10. The molecule has 4 heteroatoms. The first-order valence-corrected chi connectivity index (χ1v) is 8.03. The van der Waals surface area contributed by atoms with Gasteiger partial charge in [-0.15, -0.1) is 0 Å². The number of pyridine rings is 1. The number of H-pyrrole nitrogens is 1. The van der Waals surface area contributed by atoms with E-state index in [-0.39, 0.29) is 17.6 Å². The normalized spacial score (nSPS) is 15.9. The predicted octanol–water partition coefficient (Wildman–Crippen LogP) is 3.75. The van der Waals surface area contributed by atoms with Crippen molar-refractivity contribution in [1.29, 1.82) is 0 Å². The molecule has 1 fully saturated rings. The molecule has 2 aromatic rings. The first-order valence-electron chi connectivity index (χ1n) is 8.03. The van der Waals surface area contributed by atoms with E-state index < -0.39 is 5.97 Å². The second kappa shape index (κ2) is 6.34. The highest BCUT2D eigenvalue weighted by Crippen LogP contribution is 2.35. The Morgan fingerprint density at radius 2 is 2.05 bits per heavy atom. The molecule has 116 valence electrons. The maximum Gasteiger partial charge on any atom is 0.343 e. The summed E-state index contributed by atoms with van der Waals surface area (Å²) in [5.74, 6) is -0.0599. The fourth-order valence-corrected chi connectivity index (χ4v) is 3.39. The van der Waals surface area contributed by atoms with Crippen LogP contribution in [0.3, 0.4) is 0 Å². The Balaban J connectivity index is 2.09. The fourth-order valence-electron chi connectivity index (χ4n) is 3.39. The van der Waals surface area contributed by atoms with E-state index in [2.05, 4.69) is 11.1 Å². The molecular formula is C18H21NO3. The predicted molar refractivity (Wildman–Crippen MR) is 86.4 cm³/mol. The maximum absolute atomic E-state index is 12.6. The number of carbonyl (C=O) groups is 1. The van der Waals surface area contributed by atoms with E-state index in [1.54, 1.807) is 13.0 Å². The van der Waals surface area contributed by atoms with E-state index in [9.17, 15) is 9.59 Å². The molecule has 0 aliphatic heterocycles. The largest absolute Gasteiger partial charge is 0.462 e. The highest BCUT2D eigenvalue weighted by molar-refractivity contribution is 5.94.